The van der Waals surface area contributed by atoms with Crippen LogP contribution in [0.3, 0.4) is 0 Å². The number of hydrogen-bond acceptors (Lipinski definition) is 8. The minimum absolute atomic E-state index is 0.0229. The smallest absolute Gasteiger partial charge is 0.269 e. The zero-order valence-electron chi connectivity index (χ0n) is 17.2. The molecular formula is C19H24N6O6S. The van der Waals surface area contributed by atoms with Crippen LogP contribution in [-0.2, 0) is 14.6 Å². The van der Waals surface area contributed by atoms with E-state index in [1.807, 2.05) is 0 Å². The van der Waals surface area contributed by atoms with Crippen LogP contribution in [0.5, 0.6) is 5.75 Å². The topological polar surface area (TPSA) is 206 Å². The molecule has 172 valence electrons. The van der Waals surface area contributed by atoms with Gasteiger partial charge in [0, 0.05) is 24.4 Å². The summed E-state index contributed by atoms with van der Waals surface area (Å²) < 4.78 is 32.1. The molecule has 0 radical (unpaired) electrons. The molecule has 12 nitrogen and oxygen atoms in total. The SMILES string of the molecule is COc1ccccc1S(=O)(=O)[C@](N)(CCCN=C(N)N)C(=O)Nc1ccc([N+](=O)[O-])cc1. The molecule has 0 aromatic heterocycles. The number of hydrogen-bond donors (Lipinski definition) is 4. The number of nitro groups is 1. The summed E-state index contributed by atoms with van der Waals surface area (Å²) in [6, 6.07) is 10.6. The molecular weight excluding hydrogens is 440 g/mol. The lowest BCUT2D eigenvalue weighted by molar-refractivity contribution is -0.384. The van der Waals surface area contributed by atoms with Crippen molar-refractivity contribution < 1.29 is 22.9 Å². The monoisotopic (exact) mass is 464 g/mol. The maximum absolute atomic E-state index is 13.5. The number of rotatable bonds is 10. The standard InChI is InChI=1S/C19H24N6O6S/c1-31-15-5-2-3-6-16(15)32(29,30)19(22,11-4-12-23-18(20)21)17(26)24-13-7-9-14(10-8-13)25(27)28/h2-3,5-10H,4,11-12,22H2,1H3,(H,24,26)(H4,20,21,23)/t19-/m1/s1. The summed E-state index contributed by atoms with van der Waals surface area (Å²) in [4.78, 5) is 24.5. The van der Waals surface area contributed by atoms with Gasteiger partial charge in [-0.3, -0.25) is 19.9 Å². The number of benzene rings is 2. The zero-order valence-corrected chi connectivity index (χ0v) is 18.0. The Kier molecular flexibility index (Phi) is 7.72. The second-order valence-corrected chi connectivity index (χ2v) is 8.89. The highest BCUT2D eigenvalue weighted by Gasteiger charge is 2.48. The molecule has 0 heterocycles. The van der Waals surface area contributed by atoms with Crippen LogP contribution >= 0.6 is 0 Å². The zero-order chi connectivity index (χ0) is 23.9. The average molecular weight is 465 g/mol. The normalized spacial score (nSPS) is 12.9. The van der Waals surface area contributed by atoms with E-state index in [4.69, 9.17) is 21.9 Å². The van der Waals surface area contributed by atoms with Crippen LogP contribution in [-0.4, -0.2) is 43.7 Å². The molecule has 7 N–H and O–H groups in total. The van der Waals surface area contributed by atoms with Crippen molar-refractivity contribution in [3.63, 3.8) is 0 Å². The first-order valence-corrected chi connectivity index (χ1v) is 10.8. The number of sulfone groups is 1. The number of ether oxygens (including phenoxy) is 1. The molecule has 1 amide bonds. The molecule has 0 saturated carbocycles. The summed E-state index contributed by atoms with van der Waals surface area (Å²) in [6.07, 6.45) is -0.237. The summed E-state index contributed by atoms with van der Waals surface area (Å²) in [5, 5.41) is 13.2. The summed E-state index contributed by atoms with van der Waals surface area (Å²) >= 11 is 0. The van der Waals surface area contributed by atoms with E-state index in [1.165, 1.54) is 49.6 Å². The Bertz CT molecular complexity index is 1120. The van der Waals surface area contributed by atoms with Crippen molar-refractivity contribution >= 4 is 33.1 Å². The quantitative estimate of drug-likeness (QED) is 0.128. The maximum Gasteiger partial charge on any atom is 0.269 e. The molecule has 32 heavy (non-hydrogen) atoms. The first kappa shape index (κ1) is 24.6. The van der Waals surface area contributed by atoms with Crippen LogP contribution in [0.1, 0.15) is 12.8 Å². The van der Waals surface area contributed by atoms with Crippen LogP contribution in [0.2, 0.25) is 0 Å². The van der Waals surface area contributed by atoms with E-state index < -0.39 is 25.5 Å². The van der Waals surface area contributed by atoms with Crippen LogP contribution in [0, 0.1) is 10.1 Å². The Morgan fingerprint density at radius 1 is 1.19 bits per heavy atom. The molecule has 0 aliphatic heterocycles. The van der Waals surface area contributed by atoms with E-state index in [9.17, 15) is 23.3 Å². The maximum atomic E-state index is 13.5. The number of nitro benzene ring substituents is 1. The van der Waals surface area contributed by atoms with Crippen molar-refractivity contribution in [2.75, 3.05) is 19.0 Å². The molecule has 0 fully saturated rings. The van der Waals surface area contributed by atoms with Gasteiger partial charge in [0.25, 0.3) is 11.6 Å². The minimum Gasteiger partial charge on any atom is -0.495 e. The van der Waals surface area contributed by atoms with Crippen LogP contribution in [0.4, 0.5) is 11.4 Å². The molecule has 1 atom stereocenters. The van der Waals surface area contributed by atoms with E-state index in [0.29, 0.717) is 0 Å². The van der Waals surface area contributed by atoms with Gasteiger partial charge in [-0.15, -0.1) is 0 Å². The van der Waals surface area contributed by atoms with E-state index >= 15 is 0 Å². The molecule has 0 aliphatic carbocycles. The van der Waals surface area contributed by atoms with Crippen molar-refractivity contribution in [1.82, 2.24) is 0 Å². The van der Waals surface area contributed by atoms with Gasteiger partial charge in [-0.05, 0) is 37.1 Å². The van der Waals surface area contributed by atoms with Gasteiger partial charge in [0.1, 0.15) is 10.6 Å². The number of nitrogens with one attached hydrogen (secondary N) is 1. The summed E-state index contributed by atoms with van der Waals surface area (Å²) in [5.41, 5.74) is 16.8. The van der Waals surface area contributed by atoms with Crippen molar-refractivity contribution in [1.29, 1.82) is 0 Å². The number of carbonyl (C=O) groups excluding carboxylic acids is 1. The number of aliphatic imine (C=N–C) groups is 1. The molecule has 0 bridgehead atoms. The lowest BCUT2D eigenvalue weighted by Gasteiger charge is -2.28. The molecule has 0 spiro atoms. The van der Waals surface area contributed by atoms with Gasteiger partial charge in [0.05, 0.1) is 12.0 Å². The lowest BCUT2D eigenvalue weighted by atomic mass is 10.1. The predicted octanol–water partition coefficient (Wildman–Crippen LogP) is 0.724. The van der Waals surface area contributed by atoms with Gasteiger partial charge < -0.3 is 27.3 Å². The second-order valence-electron chi connectivity index (χ2n) is 6.71. The first-order chi connectivity index (χ1) is 15.0. The molecule has 2 aromatic carbocycles. The number of amides is 1. The van der Waals surface area contributed by atoms with E-state index in [-0.39, 0.29) is 47.4 Å². The van der Waals surface area contributed by atoms with Crippen LogP contribution < -0.4 is 27.3 Å². The second kappa shape index (κ2) is 10.1. The fraction of sp³-hybridized carbons (Fsp3) is 0.263. The summed E-state index contributed by atoms with van der Waals surface area (Å²) in [6.45, 7) is 0.0491. The third-order valence-corrected chi connectivity index (χ3v) is 6.82. The highest BCUT2D eigenvalue weighted by atomic mass is 32.2. The first-order valence-electron chi connectivity index (χ1n) is 9.30. The largest absolute Gasteiger partial charge is 0.495 e. The van der Waals surface area contributed by atoms with Crippen LogP contribution in [0.25, 0.3) is 0 Å². The van der Waals surface area contributed by atoms with Crippen molar-refractivity contribution in [2.24, 2.45) is 22.2 Å². The third-order valence-electron chi connectivity index (χ3n) is 4.56. The van der Waals surface area contributed by atoms with E-state index in [0.717, 1.165) is 0 Å². The van der Waals surface area contributed by atoms with Gasteiger partial charge in [-0.25, -0.2) is 8.42 Å². The number of para-hydroxylation sites is 1. The Hall–Kier alpha value is -3.71. The molecule has 0 unspecified atom stereocenters. The Labute approximate surface area is 184 Å². The van der Waals surface area contributed by atoms with Crippen molar-refractivity contribution in [2.45, 2.75) is 22.6 Å². The Morgan fingerprint density at radius 2 is 1.81 bits per heavy atom. The predicted molar refractivity (Wildman–Crippen MR) is 119 cm³/mol. The van der Waals surface area contributed by atoms with Gasteiger partial charge >= 0.3 is 0 Å². The molecule has 0 aliphatic rings. The molecule has 0 saturated heterocycles. The molecule has 2 aromatic rings. The van der Waals surface area contributed by atoms with Crippen molar-refractivity contribution in [3.8, 4) is 5.75 Å². The van der Waals surface area contributed by atoms with E-state index in [2.05, 4.69) is 10.3 Å². The Balaban J connectivity index is 2.44. The lowest BCUT2D eigenvalue weighted by Crippen LogP contribution is -2.57. The van der Waals surface area contributed by atoms with Gasteiger partial charge in [-0.2, -0.15) is 0 Å². The number of anilines is 1. The summed E-state index contributed by atoms with van der Waals surface area (Å²) in [5.74, 6) is -1.19. The van der Waals surface area contributed by atoms with Gasteiger partial charge in [0.15, 0.2) is 5.96 Å². The number of carbonyl (C=O) groups is 1. The van der Waals surface area contributed by atoms with Crippen LogP contribution in [0.15, 0.2) is 58.4 Å². The summed E-state index contributed by atoms with van der Waals surface area (Å²) in [7, 11) is -3.17. The van der Waals surface area contributed by atoms with E-state index in [1.54, 1.807) is 6.07 Å². The van der Waals surface area contributed by atoms with Gasteiger partial charge in [0.2, 0.25) is 14.7 Å². The number of guanidine groups is 1. The minimum atomic E-state index is -4.46. The highest BCUT2D eigenvalue weighted by molar-refractivity contribution is 7.93. The average Bonchev–Trinajstić information content (AvgIpc) is 2.76. The molecule has 13 heteroatoms. The number of nitrogens with two attached hydrogens (primary N) is 3. The number of non-ortho nitro benzene ring substituents is 1. The third kappa shape index (κ3) is 5.31. The number of nitrogens with zero attached hydrogens (tertiary/aromatic N) is 2. The fourth-order valence-corrected chi connectivity index (χ4v) is 4.63. The molecule has 2 rings (SSSR count). The fourth-order valence-electron chi connectivity index (χ4n) is 2.86. The Morgan fingerprint density at radius 3 is 2.38 bits per heavy atom. The number of methoxy groups -OCH3 is 1. The van der Waals surface area contributed by atoms with Crippen molar-refractivity contribution in [3.05, 3.63) is 58.6 Å². The van der Waals surface area contributed by atoms with Gasteiger partial charge in [-0.1, -0.05) is 12.1 Å². The highest BCUT2D eigenvalue weighted by Crippen LogP contribution is 2.33.